The van der Waals surface area contributed by atoms with Crippen molar-refractivity contribution in [2.24, 2.45) is 0 Å². The normalized spacial score (nSPS) is 16.8. The fraction of sp³-hybridized carbons (Fsp3) is 0.462. The van der Waals surface area contributed by atoms with Gasteiger partial charge in [0.05, 0.1) is 6.20 Å². The molecule has 0 radical (unpaired) electrons. The average Bonchev–Trinajstić information content (AvgIpc) is 3.09. The van der Waals surface area contributed by atoms with Crippen LogP contribution in [0.15, 0.2) is 31.2 Å². The van der Waals surface area contributed by atoms with Crippen LogP contribution in [-0.4, -0.2) is 61.7 Å². The van der Waals surface area contributed by atoms with Crippen molar-refractivity contribution in [3.05, 3.63) is 31.2 Å². The molecule has 1 aliphatic heterocycles. The molecule has 0 N–H and O–H groups in total. The highest BCUT2D eigenvalue weighted by molar-refractivity contribution is 5.80. The lowest BCUT2D eigenvalue weighted by Gasteiger charge is -2.36. The number of carbonyl (C=O) groups is 1. The Morgan fingerprint density at radius 1 is 1.19 bits per heavy atom. The first-order valence-electron chi connectivity index (χ1n) is 6.89. The van der Waals surface area contributed by atoms with Crippen LogP contribution in [0.1, 0.15) is 13.0 Å². The largest absolute Gasteiger partial charge is 0.352 e. The van der Waals surface area contributed by atoms with Crippen LogP contribution in [0.3, 0.4) is 0 Å². The van der Waals surface area contributed by atoms with Crippen molar-refractivity contribution in [2.75, 3.05) is 31.1 Å². The lowest BCUT2D eigenvalue weighted by atomic mass is 10.2. The van der Waals surface area contributed by atoms with Crippen molar-refractivity contribution in [3.63, 3.8) is 0 Å². The van der Waals surface area contributed by atoms with Crippen LogP contribution in [0.2, 0.25) is 0 Å². The molecular weight excluding hydrogens is 270 g/mol. The third kappa shape index (κ3) is 2.83. The van der Waals surface area contributed by atoms with Crippen molar-refractivity contribution in [2.45, 2.75) is 13.0 Å². The fourth-order valence-electron chi connectivity index (χ4n) is 2.41. The first kappa shape index (κ1) is 13.5. The zero-order valence-electron chi connectivity index (χ0n) is 11.8. The first-order valence-corrected chi connectivity index (χ1v) is 6.89. The van der Waals surface area contributed by atoms with Gasteiger partial charge in [0.1, 0.15) is 24.5 Å². The minimum atomic E-state index is -0.324. The van der Waals surface area contributed by atoms with E-state index < -0.39 is 0 Å². The summed E-state index contributed by atoms with van der Waals surface area (Å²) in [5.41, 5.74) is 0. The monoisotopic (exact) mass is 287 g/mol. The summed E-state index contributed by atoms with van der Waals surface area (Å²) in [6.07, 6.45) is 8.09. The van der Waals surface area contributed by atoms with Crippen molar-refractivity contribution in [1.29, 1.82) is 0 Å². The van der Waals surface area contributed by atoms with Crippen molar-refractivity contribution in [1.82, 2.24) is 29.6 Å². The van der Waals surface area contributed by atoms with Gasteiger partial charge < -0.3 is 9.80 Å². The van der Waals surface area contributed by atoms with E-state index in [4.69, 9.17) is 0 Å². The summed E-state index contributed by atoms with van der Waals surface area (Å²) in [5, 5.41) is 4.02. The molecule has 3 heterocycles. The third-order valence-corrected chi connectivity index (χ3v) is 3.66. The van der Waals surface area contributed by atoms with E-state index in [0.29, 0.717) is 13.1 Å². The van der Waals surface area contributed by atoms with Gasteiger partial charge in [0.2, 0.25) is 5.91 Å². The van der Waals surface area contributed by atoms with Crippen LogP contribution >= 0.6 is 0 Å². The number of hydrogen-bond donors (Lipinski definition) is 0. The SMILES string of the molecule is C[C@H](C(=O)N1CCN(c2cnccn2)CC1)n1cncn1. The summed E-state index contributed by atoms with van der Waals surface area (Å²) in [4.78, 5) is 28.7. The second kappa shape index (κ2) is 5.86. The van der Waals surface area contributed by atoms with Crippen LogP contribution in [-0.2, 0) is 4.79 Å². The number of aromatic nitrogens is 5. The molecule has 1 atom stereocenters. The van der Waals surface area contributed by atoms with Crippen molar-refractivity contribution >= 4 is 11.7 Å². The maximum atomic E-state index is 12.4. The molecule has 0 unspecified atom stereocenters. The van der Waals surface area contributed by atoms with Gasteiger partial charge in [0.25, 0.3) is 0 Å². The number of nitrogens with zero attached hydrogens (tertiary/aromatic N) is 7. The quantitative estimate of drug-likeness (QED) is 0.789. The Morgan fingerprint density at radius 3 is 2.62 bits per heavy atom. The maximum absolute atomic E-state index is 12.4. The van der Waals surface area contributed by atoms with Gasteiger partial charge in [0.15, 0.2) is 0 Å². The van der Waals surface area contributed by atoms with Gasteiger partial charge >= 0.3 is 0 Å². The molecule has 0 aliphatic carbocycles. The van der Waals surface area contributed by atoms with Gasteiger partial charge in [-0.15, -0.1) is 0 Å². The first-order chi connectivity index (χ1) is 10.3. The highest BCUT2D eigenvalue weighted by Gasteiger charge is 2.26. The van der Waals surface area contributed by atoms with E-state index in [-0.39, 0.29) is 11.9 Å². The van der Waals surface area contributed by atoms with Crippen molar-refractivity contribution in [3.8, 4) is 0 Å². The predicted molar refractivity (Wildman–Crippen MR) is 75.6 cm³/mol. The van der Waals surface area contributed by atoms with Gasteiger partial charge in [-0.2, -0.15) is 5.10 Å². The van der Waals surface area contributed by atoms with Gasteiger partial charge in [-0.25, -0.2) is 14.6 Å². The molecule has 0 saturated carbocycles. The Bertz CT molecular complexity index is 578. The summed E-state index contributed by atoms with van der Waals surface area (Å²) in [6.45, 7) is 4.71. The molecule has 1 amide bonds. The second-order valence-electron chi connectivity index (χ2n) is 4.93. The molecule has 110 valence electrons. The molecule has 1 saturated heterocycles. The third-order valence-electron chi connectivity index (χ3n) is 3.66. The molecule has 1 fully saturated rings. The van der Waals surface area contributed by atoms with Crippen LogP contribution in [0.25, 0.3) is 0 Å². The lowest BCUT2D eigenvalue weighted by molar-refractivity contribution is -0.134. The zero-order valence-corrected chi connectivity index (χ0v) is 11.8. The summed E-state index contributed by atoms with van der Waals surface area (Å²) < 4.78 is 1.58. The summed E-state index contributed by atoms with van der Waals surface area (Å²) in [5.74, 6) is 0.924. The fourth-order valence-corrected chi connectivity index (χ4v) is 2.41. The molecule has 3 rings (SSSR count). The van der Waals surface area contributed by atoms with E-state index in [1.165, 1.54) is 6.33 Å². The summed E-state index contributed by atoms with van der Waals surface area (Å²) in [6, 6.07) is -0.324. The van der Waals surface area contributed by atoms with E-state index in [9.17, 15) is 4.79 Å². The van der Waals surface area contributed by atoms with Crippen LogP contribution < -0.4 is 4.90 Å². The molecule has 0 aromatic carbocycles. The average molecular weight is 287 g/mol. The number of amides is 1. The molecule has 2 aromatic heterocycles. The van der Waals surface area contributed by atoms with Gasteiger partial charge in [-0.05, 0) is 6.92 Å². The number of carbonyl (C=O) groups excluding carboxylic acids is 1. The van der Waals surface area contributed by atoms with Gasteiger partial charge in [0, 0.05) is 38.6 Å². The van der Waals surface area contributed by atoms with E-state index in [0.717, 1.165) is 18.9 Å². The van der Waals surface area contributed by atoms with Gasteiger partial charge in [-0.3, -0.25) is 9.78 Å². The minimum Gasteiger partial charge on any atom is -0.352 e. The maximum Gasteiger partial charge on any atom is 0.247 e. The number of rotatable bonds is 3. The minimum absolute atomic E-state index is 0.0688. The summed E-state index contributed by atoms with van der Waals surface area (Å²) in [7, 11) is 0. The number of anilines is 1. The van der Waals surface area contributed by atoms with Crippen LogP contribution in [0.5, 0.6) is 0 Å². The smallest absolute Gasteiger partial charge is 0.247 e. The Kier molecular flexibility index (Phi) is 3.76. The lowest BCUT2D eigenvalue weighted by Crippen LogP contribution is -2.50. The molecule has 2 aromatic rings. The van der Waals surface area contributed by atoms with E-state index in [2.05, 4.69) is 25.0 Å². The van der Waals surface area contributed by atoms with Crippen LogP contribution in [0, 0.1) is 0 Å². The standard InChI is InChI=1S/C13H17N7O/c1-11(20-10-15-9-17-20)13(21)19-6-4-18(5-7-19)12-8-14-2-3-16-12/h2-3,8-11H,4-7H2,1H3/t11-/m1/s1. The zero-order chi connectivity index (χ0) is 14.7. The molecule has 8 nitrogen and oxygen atoms in total. The molecule has 21 heavy (non-hydrogen) atoms. The number of piperazine rings is 1. The highest BCUT2D eigenvalue weighted by atomic mass is 16.2. The van der Waals surface area contributed by atoms with E-state index in [1.807, 2.05) is 11.8 Å². The number of hydrogen-bond acceptors (Lipinski definition) is 6. The van der Waals surface area contributed by atoms with E-state index in [1.54, 1.807) is 29.6 Å². The molecule has 8 heteroatoms. The Hall–Kier alpha value is -2.51. The van der Waals surface area contributed by atoms with Crippen molar-refractivity contribution < 1.29 is 4.79 Å². The Labute approximate surface area is 122 Å². The molecule has 1 aliphatic rings. The van der Waals surface area contributed by atoms with Gasteiger partial charge in [-0.1, -0.05) is 0 Å². The topological polar surface area (TPSA) is 80.0 Å². The molecule has 0 spiro atoms. The summed E-state index contributed by atoms with van der Waals surface area (Å²) >= 11 is 0. The van der Waals surface area contributed by atoms with E-state index >= 15 is 0 Å². The second-order valence-corrected chi connectivity index (χ2v) is 4.93. The molecular formula is C13H17N7O. The Morgan fingerprint density at radius 2 is 2.00 bits per heavy atom. The Balaban J connectivity index is 1.59. The molecule has 0 bridgehead atoms. The highest BCUT2D eigenvalue weighted by Crippen LogP contribution is 2.14. The van der Waals surface area contributed by atoms with Crippen LogP contribution in [0.4, 0.5) is 5.82 Å². The predicted octanol–water partition coefficient (Wildman–Crippen LogP) is -0.0221.